The molecule has 3 rings (SSSR count). The van der Waals surface area contributed by atoms with Crippen molar-refractivity contribution in [2.75, 3.05) is 5.32 Å². The third-order valence-electron chi connectivity index (χ3n) is 6.64. The summed E-state index contributed by atoms with van der Waals surface area (Å²) in [5.74, 6) is 0.849. The highest BCUT2D eigenvalue weighted by molar-refractivity contribution is 7.90. The first-order valence-corrected chi connectivity index (χ1v) is 12.8. The van der Waals surface area contributed by atoms with Crippen LogP contribution in [-0.2, 0) is 14.8 Å². The second kappa shape index (κ2) is 9.69. The van der Waals surface area contributed by atoms with E-state index >= 15 is 0 Å². The highest BCUT2D eigenvalue weighted by Crippen LogP contribution is 2.32. The molecule has 0 saturated heterocycles. The summed E-state index contributed by atoms with van der Waals surface area (Å²) in [5, 5.41) is 2.65. The van der Waals surface area contributed by atoms with Crippen LogP contribution in [0.4, 0.5) is 5.69 Å². The van der Waals surface area contributed by atoms with E-state index in [1.54, 1.807) is 13.8 Å². The Morgan fingerprint density at radius 1 is 1.00 bits per heavy atom. The van der Waals surface area contributed by atoms with Gasteiger partial charge >= 0.3 is 0 Å². The molecule has 0 radical (unpaired) electrons. The van der Waals surface area contributed by atoms with Crippen LogP contribution in [0.2, 0.25) is 0 Å². The number of rotatable bonds is 7. The third-order valence-corrected chi connectivity index (χ3v) is 8.54. The summed E-state index contributed by atoms with van der Waals surface area (Å²) in [4.78, 5) is 12.8. The van der Waals surface area contributed by atoms with Crippen LogP contribution >= 0.6 is 0 Å². The predicted octanol–water partition coefficient (Wildman–Crippen LogP) is 4.45. The van der Waals surface area contributed by atoms with Crippen molar-refractivity contribution in [3.05, 3.63) is 23.3 Å². The van der Waals surface area contributed by atoms with Crippen LogP contribution < -0.4 is 14.8 Å². The highest BCUT2D eigenvalue weighted by Gasteiger charge is 2.30. The third kappa shape index (κ3) is 5.55. The fraction of sp³-hybridized carbons (Fsp3) is 0.696. The number of benzene rings is 1. The monoisotopic (exact) mass is 436 g/mol. The Morgan fingerprint density at radius 3 is 2.23 bits per heavy atom. The SMILES string of the molecule is Cc1c(NC(=O)C2CCC(NS(=O)(=O)C(C)C)CC2)ccc(OC2CCCC2)c1C. The molecule has 2 N–H and O–H groups in total. The summed E-state index contributed by atoms with van der Waals surface area (Å²) in [5.41, 5.74) is 2.95. The number of carbonyl (C=O) groups excluding carboxylic acids is 1. The minimum atomic E-state index is -3.27. The molecule has 0 unspecified atom stereocenters. The molecule has 0 aromatic heterocycles. The molecule has 1 amide bonds. The van der Waals surface area contributed by atoms with Crippen molar-refractivity contribution in [3.63, 3.8) is 0 Å². The summed E-state index contributed by atoms with van der Waals surface area (Å²) in [6, 6.07) is 3.83. The largest absolute Gasteiger partial charge is 0.490 e. The number of hydrogen-bond acceptors (Lipinski definition) is 4. The number of carbonyl (C=O) groups is 1. The van der Waals surface area contributed by atoms with Gasteiger partial charge < -0.3 is 10.1 Å². The summed E-state index contributed by atoms with van der Waals surface area (Å²) in [6.07, 6.45) is 7.78. The van der Waals surface area contributed by atoms with Crippen molar-refractivity contribution >= 4 is 21.6 Å². The number of amides is 1. The molecule has 0 aliphatic heterocycles. The molecule has 2 saturated carbocycles. The fourth-order valence-electron chi connectivity index (χ4n) is 4.32. The van der Waals surface area contributed by atoms with Gasteiger partial charge in [0.1, 0.15) is 5.75 Å². The lowest BCUT2D eigenvalue weighted by Gasteiger charge is -2.29. The lowest BCUT2D eigenvalue weighted by Crippen LogP contribution is -2.42. The Morgan fingerprint density at radius 2 is 1.63 bits per heavy atom. The molecule has 1 aromatic carbocycles. The molecule has 7 heteroatoms. The molecular weight excluding hydrogens is 400 g/mol. The maximum absolute atomic E-state index is 12.8. The topological polar surface area (TPSA) is 84.5 Å². The summed E-state index contributed by atoms with van der Waals surface area (Å²) < 4.78 is 33.1. The van der Waals surface area contributed by atoms with Gasteiger partial charge in [-0.3, -0.25) is 4.79 Å². The second-order valence-corrected chi connectivity index (χ2v) is 11.4. The average Bonchev–Trinajstić information content (AvgIpc) is 3.21. The molecule has 0 atom stereocenters. The van der Waals surface area contributed by atoms with Crippen molar-refractivity contribution in [1.82, 2.24) is 4.72 Å². The molecule has 0 bridgehead atoms. The van der Waals surface area contributed by atoms with Crippen LogP contribution in [0.25, 0.3) is 0 Å². The minimum absolute atomic E-state index is 0.0205. The van der Waals surface area contributed by atoms with Crippen LogP contribution in [0, 0.1) is 19.8 Å². The van der Waals surface area contributed by atoms with Gasteiger partial charge in [0.05, 0.1) is 11.4 Å². The van der Waals surface area contributed by atoms with Crippen molar-refractivity contribution in [2.24, 2.45) is 5.92 Å². The van der Waals surface area contributed by atoms with Crippen molar-refractivity contribution < 1.29 is 17.9 Å². The predicted molar refractivity (Wildman–Crippen MR) is 120 cm³/mol. The number of sulfonamides is 1. The van der Waals surface area contributed by atoms with E-state index in [1.165, 1.54) is 12.8 Å². The molecule has 0 heterocycles. The van der Waals surface area contributed by atoms with Gasteiger partial charge in [0.2, 0.25) is 15.9 Å². The molecule has 6 nitrogen and oxygen atoms in total. The van der Waals surface area contributed by atoms with Gasteiger partial charge in [-0.25, -0.2) is 13.1 Å². The van der Waals surface area contributed by atoms with Crippen LogP contribution in [0.5, 0.6) is 5.75 Å². The Balaban J connectivity index is 1.55. The molecule has 168 valence electrons. The molecule has 2 aliphatic carbocycles. The quantitative estimate of drug-likeness (QED) is 0.661. The van der Waals surface area contributed by atoms with Crippen LogP contribution in [0.1, 0.15) is 76.3 Å². The van der Waals surface area contributed by atoms with E-state index in [0.717, 1.165) is 35.4 Å². The van der Waals surface area contributed by atoms with Gasteiger partial charge in [-0.2, -0.15) is 0 Å². The Hall–Kier alpha value is -1.60. The number of anilines is 1. The Kier molecular flexibility index (Phi) is 7.45. The average molecular weight is 437 g/mol. The smallest absolute Gasteiger partial charge is 0.227 e. The molecule has 0 spiro atoms. The first-order valence-electron chi connectivity index (χ1n) is 11.3. The summed E-state index contributed by atoms with van der Waals surface area (Å²) in [6.45, 7) is 7.41. The van der Waals surface area contributed by atoms with Crippen molar-refractivity contribution in [1.29, 1.82) is 0 Å². The first-order chi connectivity index (χ1) is 14.2. The second-order valence-electron chi connectivity index (χ2n) is 9.13. The lowest BCUT2D eigenvalue weighted by atomic mass is 9.86. The number of hydrogen-bond donors (Lipinski definition) is 2. The van der Waals surface area contributed by atoms with E-state index in [1.807, 2.05) is 26.0 Å². The highest BCUT2D eigenvalue weighted by atomic mass is 32.2. The van der Waals surface area contributed by atoms with Gasteiger partial charge in [-0.1, -0.05) is 0 Å². The van der Waals surface area contributed by atoms with E-state index in [4.69, 9.17) is 4.74 Å². The maximum atomic E-state index is 12.8. The fourth-order valence-corrected chi connectivity index (χ4v) is 5.29. The van der Waals surface area contributed by atoms with Gasteiger partial charge in [0, 0.05) is 17.6 Å². The molecule has 2 fully saturated rings. The standard InChI is InChI=1S/C23H36N2O4S/c1-15(2)30(27,28)25-19-11-9-18(10-12-19)23(26)24-21-13-14-22(17(4)16(21)3)29-20-7-5-6-8-20/h13-15,18-20,25H,5-12H2,1-4H3,(H,24,26). The molecule has 2 aliphatic rings. The van der Waals surface area contributed by atoms with E-state index in [9.17, 15) is 13.2 Å². The van der Waals surface area contributed by atoms with E-state index in [-0.39, 0.29) is 17.9 Å². The number of ether oxygens (including phenoxy) is 1. The van der Waals surface area contributed by atoms with Crippen molar-refractivity contribution in [2.45, 2.75) is 96.5 Å². The number of nitrogens with one attached hydrogen (secondary N) is 2. The molecular formula is C23H36N2O4S. The zero-order chi connectivity index (χ0) is 21.9. The zero-order valence-electron chi connectivity index (χ0n) is 18.7. The lowest BCUT2D eigenvalue weighted by molar-refractivity contribution is -0.120. The molecule has 30 heavy (non-hydrogen) atoms. The van der Waals surface area contributed by atoms with E-state index < -0.39 is 15.3 Å². The van der Waals surface area contributed by atoms with Crippen LogP contribution in [0.15, 0.2) is 12.1 Å². The zero-order valence-corrected chi connectivity index (χ0v) is 19.5. The van der Waals surface area contributed by atoms with Gasteiger partial charge in [0.25, 0.3) is 0 Å². The maximum Gasteiger partial charge on any atom is 0.227 e. The van der Waals surface area contributed by atoms with Crippen LogP contribution in [0.3, 0.4) is 0 Å². The van der Waals surface area contributed by atoms with E-state index in [2.05, 4.69) is 10.0 Å². The molecule has 1 aromatic rings. The minimum Gasteiger partial charge on any atom is -0.490 e. The first kappa shape index (κ1) is 23.1. The summed E-state index contributed by atoms with van der Waals surface area (Å²) >= 11 is 0. The van der Waals surface area contributed by atoms with Gasteiger partial charge in [-0.05, 0) is 102 Å². The van der Waals surface area contributed by atoms with E-state index in [0.29, 0.717) is 31.8 Å². The summed E-state index contributed by atoms with van der Waals surface area (Å²) in [7, 11) is -3.27. The van der Waals surface area contributed by atoms with Crippen LogP contribution in [-0.4, -0.2) is 31.7 Å². The van der Waals surface area contributed by atoms with Gasteiger partial charge in [0.15, 0.2) is 0 Å². The van der Waals surface area contributed by atoms with Crippen molar-refractivity contribution in [3.8, 4) is 5.75 Å². The Labute approximate surface area is 181 Å². The van der Waals surface area contributed by atoms with Gasteiger partial charge in [-0.15, -0.1) is 0 Å². The normalized spacial score (nSPS) is 23.0. The Bertz CT molecular complexity index is 852.